The molecule has 0 radical (unpaired) electrons. The molecule has 3 rings (SSSR count). The smallest absolute Gasteiger partial charge is 0.119 e. The Morgan fingerprint density at radius 2 is 1.60 bits per heavy atom. The van der Waals surface area contributed by atoms with Crippen molar-refractivity contribution in [3.8, 4) is 16.9 Å². The van der Waals surface area contributed by atoms with E-state index in [1.807, 2.05) is 24.3 Å². The molecule has 0 atom stereocenters. The summed E-state index contributed by atoms with van der Waals surface area (Å²) in [6.07, 6.45) is 0. The van der Waals surface area contributed by atoms with Crippen LogP contribution in [-0.2, 0) is 0 Å². The Kier molecular flexibility index (Phi) is 3.07. The average Bonchev–Trinajstić information content (AvgIpc) is 2.48. The van der Waals surface area contributed by atoms with E-state index in [2.05, 4.69) is 37.3 Å². The van der Waals surface area contributed by atoms with Crippen molar-refractivity contribution in [2.24, 2.45) is 0 Å². The summed E-state index contributed by atoms with van der Waals surface area (Å²) >= 11 is 0. The Hall–Kier alpha value is -2.48. The normalized spacial score (nSPS) is 10.7. The van der Waals surface area contributed by atoms with Gasteiger partial charge in [-0.25, -0.2) is 0 Å². The van der Waals surface area contributed by atoms with E-state index in [0.717, 1.165) is 22.6 Å². The van der Waals surface area contributed by atoms with Crippen LogP contribution in [0.15, 0.2) is 54.6 Å². The van der Waals surface area contributed by atoms with Crippen molar-refractivity contribution in [2.45, 2.75) is 6.92 Å². The highest BCUT2D eigenvalue weighted by Crippen LogP contribution is 2.30. The Morgan fingerprint density at radius 1 is 0.850 bits per heavy atom. The second-order valence-electron chi connectivity index (χ2n) is 5.02. The summed E-state index contributed by atoms with van der Waals surface area (Å²) < 4.78 is 5.25. The molecule has 0 bridgehead atoms. The van der Waals surface area contributed by atoms with Crippen LogP contribution < -0.4 is 10.5 Å². The first-order valence-corrected chi connectivity index (χ1v) is 6.62. The molecule has 0 aliphatic carbocycles. The van der Waals surface area contributed by atoms with E-state index < -0.39 is 0 Å². The van der Waals surface area contributed by atoms with E-state index in [0.29, 0.717) is 0 Å². The van der Waals surface area contributed by atoms with Crippen LogP contribution in [0.1, 0.15) is 5.56 Å². The highest BCUT2D eigenvalue weighted by molar-refractivity contribution is 5.90. The number of ether oxygens (including phenoxy) is 1. The molecule has 3 aromatic rings. The summed E-state index contributed by atoms with van der Waals surface area (Å²) in [6, 6.07) is 18.6. The third kappa shape index (κ3) is 2.21. The summed E-state index contributed by atoms with van der Waals surface area (Å²) in [5.41, 5.74) is 10.3. The second kappa shape index (κ2) is 4.89. The van der Waals surface area contributed by atoms with E-state index in [1.165, 1.54) is 16.3 Å². The number of hydrogen-bond acceptors (Lipinski definition) is 2. The third-order valence-corrected chi connectivity index (χ3v) is 3.57. The largest absolute Gasteiger partial charge is 0.497 e. The molecular formula is C18H17NO. The van der Waals surface area contributed by atoms with Crippen molar-refractivity contribution in [1.82, 2.24) is 0 Å². The van der Waals surface area contributed by atoms with E-state index >= 15 is 0 Å². The lowest BCUT2D eigenvalue weighted by atomic mass is 9.98. The van der Waals surface area contributed by atoms with Crippen LogP contribution in [0.5, 0.6) is 5.75 Å². The minimum Gasteiger partial charge on any atom is -0.497 e. The molecule has 0 saturated heterocycles. The van der Waals surface area contributed by atoms with Gasteiger partial charge in [-0.3, -0.25) is 0 Å². The predicted molar refractivity (Wildman–Crippen MR) is 85.1 cm³/mol. The van der Waals surface area contributed by atoms with Crippen LogP contribution in [0.2, 0.25) is 0 Å². The van der Waals surface area contributed by atoms with Gasteiger partial charge in [0.25, 0.3) is 0 Å². The topological polar surface area (TPSA) is 35.2 Å². The van der Waals surface area contributed by atoms with Gasteiger partial charge in [-0.2, -0.15) is 0 Å². The summed E-state index contributed by atoms with van der Waals surface area (Å²) in [4.78, 5) is 0. The molecule has 2 nitrogen and oxygen atoms in total. The van der Waals surface area contributed by atoms with Crippen LogP contribution in [0.3, 0.4) is 0 Å². The molecule has 2 N–H and O–H groups in total. The number of fused-ring (bicyclic) bond motifs is 1. The molecule has 0 fully saturated rings. The fourth-order valence-corrected chi connectivity index (χ4v) is 2.44. The van der Waals surface area contributed by atoms with Crippen LogP contribution in [0, 0.1) is 6.92 Å². The number of hydrogen-bond donors (Lipinski definition) is 1. The molecule has 0 aliphatic heterocycles. The molecular weight excluding hydrogens is 246 g/mol. The molecule has 0 saturated carbocycles. The van der Waals surface area contributed by atoms with Gasteiger partial charge in [0.05, 0.1) is 7.11 Å². The van der Waals surface area contributed by atoms with E-state index in [-0.39, 0.29) is 0 Å². The van der Waals surface area contributed by atoms with E-state index in [1.54, 1.807) is 7.11 Å². The molecule has 3 aromatic carbocycles. The molecule has 0 aromatic heterocycles. The van der Waals surface area contributed by atoms with Gasteiger partial charge in [-0.05, 0) is 53.6 Å². The van der Waals surface area contributed by atoms with Gasteiger partial charge in [0, 0.05) is 11.3 Å². The van der Waals surface area contributed by atoms with E-state index in [9.17, 15) is 0 Å². The maximum atomic E-state index is 6.09. The number of aryl methyl sites for hydroxylation is 1. The van der Waals surface area contributed by atoms with Gasteiger partial charge in [-0.15, -0.1) is 0 Å². The summed E-state index contributed by atoms with van der Waals surface area (Å²) in [7, 11) is 1.68. The number of nitrogen functional groups attached to an aromatic ring is 1. The lowest BCUT2D eigenvalue weighted by Crippen LogP contribution is -1.91. The SMILES string of the molecule is COc1ccc2cc(-c3cc(C)ccc3N)ccc2c1. The maximum absolute atomic E-state index is 6.09. The maximum Gasteiger partial charge on any atom is 0.119 e. The van der Waals surface area contributed by atoms with E-state index in [4.69, 9.17) is 10.5 Å². The monoisotopic (exact) mass is 263 g/mol. The summed E-state index contributed by atoms with van der Waals surface area (Å²) in [5, 5.41) is 2.35. The minimum absolute atomic E-state index is 0.809. The molecule has 0 aliphatic rings. The molecule has 0 spiro atoms. The molecule has 0 heterocycles. The van der Waals surface area contributed by atoms with Gasteiger partial charge in [0.15, 0.2) is 0 Å². The molecule has 0 unspecified atom stereocenters. The van der Waals surface area contributed by atoms with Crippen molar-refractivity contribution < 1.29 is 4.74 Å². The second-order valence-corrected chi connectivity index (χ2v) is 5.02. The zero-order valence-electron chi connectivity index (χ0n) is 11.7. The number of methoxy groups -OCH3 is 1. The van der Waals surface area contributed by atoms with Gasteiger partial charge in [-0.1, -0.05) is 29.8 Å². The fourth-order valence-electron chi connectivity index (χ4n) is 2.44. The van der Waals surface area contributed by atoms with Crippen molar-refractivity contribution in [1.29, 1.82) is 0 Å². The lowest BCUT2D eigenvalue weighted by Gasteiger charge is -2.09. The van der Waals surface area contributed by atoms with Crippen molar-refractivity contribution >= 4 is 16.5 Å². The molecule has 2 heteroatoms. The summed E-state index contributed by atoms with van der Waals surface area (Å²) in [6.45, 7) is 2.08. The fraction of sp³-hybridized carbons (Fsp3) is 0.111. The zero-order chi connectivity index (χ0) is 14.1. The van der Waals surface area contributed by atoms with Crippen molar-refractivity contribution in [3.63, 3.8) is 0 Å². The van der Waals surface area contributed by atoms with Gasteiger partial charge < -0.3 is 10.5 Å². The predicted octanol–water partition coefficient (Wildman–Crippen LogP) is 4.41. The van der Waals surface area contributed by atoms with Crippen LogP contribution in [0.4, 0.5) is 5.69 Å². The number of nitrogens with two attached hydrogens (primary N) is 1. The standard InChI is InChI=1S/C18H17NO/c1-12-3-8-18(19)17(9-12)15-5-4-14-11-16(20-2)7-6-13(14)10-15/h3-11H,19H2,1-2H3. The Labute approximate surface area is 118 Å². The number of rotatable bonds is 2. The number of anilines is 1. The van der Waals surface area contributed by atoms with Crippen LogP contribution in [0.25, 0.3) is 21.9 Å². The Balaban J connectivity index is 2.15. The molecule has 0 amide bonds. The van der Waals surface area contributed by atoms with Gasteiger partial charge in [0.2, 0.25) is 0 Å². The summed E-state index contributed by atoms with van der Waals surface area (Å²) in [5.74, 6) is 0.875. The molecule has 20 heavy (non-hydrogen) atoms. The Bertz CT molecular complexity index is 777. The first-order valence-electron chi connectivity index (χ1n) is 6.62. The first-order chi connectivity index (χ1) is 9.67. The zero-order valence-corrected chi connectivity index (χ0v) is 11.7. The van der Waals surface area contributed by atoms with Crippen LogP contribution in [-0.4, -0.2) is 7.11 Å². The average molecular weight is 263 g/mol. The Morgan fingerprint density at radius 3 is 2.40 bits per heavy atom. The third-order valence-electron chi connectivity index (χ3n) is 3.57. The first kappa shape index (κ1) is 12.5. The number of benzene rings is 3. The highest BCUT2D eigenvalue weighted by Gasteiger charge is 2.05. The van der Waals surface area contributed by atoms with Gasteiger partial charge >= 0.3 is 0 Å². The highest BCUT2D eigenvalue weighted by atomic mass is 16.5. The van der Waals surface area contributed by atoms with Crippen LogP contribution >= 0.6 is 0 Å². The van der Waals surface area contributed by atoms with Crippen molar-refractivity contribution in [2.75, 3.05) is 12.8 Å². The molecule has 100 valence electrons. The van der Waals surface area contributed by atoms with Gasteiger partial charge in [0.1, 0.15) is 5.75 Å². The quantitative estimate of drug-likeness (QED) is 0.695. The minimum atomic E-state index is 0.809. The van der Waals surface area contributed by atoms with Crippen molar-refractivity contribution in [3.05, 3.63) is 60.2 Å². The lowest BCUT2D eigenvalue weighted by molar-refractivity contribution is 0.415.